The van der Waals surface area contributed by atoms with E-state index in [1.165, 1.54) is 11.0 Å². The molecule has 0 radical (unpaired) electrons. The summed E-state index contributed by atoms with van der Waals surface area (Å²) in [6.07, 6.45) is 0.00593. The van der Waals surface area contributed by atoms with Crippen molar-refractivity contribution < 1.29 is 18.5 Å². The van der Waals surface area contributed by atoms with Gasteiger partial charge in [-0.15, -0.1) is 0 Å². The van der Waals surface area contributed by atoms with Crippen LogP contribution in [-0.2, 0) is 29.0 Å². The van der Waals surface area contributed by atoms with Crippen LogP contribution in [0.15, 0.2) is 59.1 Å². The highest BCUT2D eigenvalue weighted by atomic mass is 19.1. The van der Waals surface area contributed by atoms with Gasteiger partial charge in [-0.1, -0.05) is 53.7 Å². The standard InChI is InChI=1S/C23H23FN4O3/c1-16-25-21(31-26-16)14-20-23(30)27(15-17-7-3-2-4-8-17)11-12-28(20)22(29)13-18-9-5-6-10-19(18)24/h2-10,20H,11-15H2,1H3. The first-order valence-electron chi connectivity index (χ1n) is 10.2. The fourth-order valence-corrected chi connectivity index (χ4v) is 3.79. The maximum absolute atomic E-state index is 14.1. The lowest BCUT2D eigenvalue weighted by Crippen LogP contribution is -2.59. The van der Waals surface area contributed by atoms with Crippen LogP contribution >= 0.6 is 0 Å². The minimum Gasteiger partial charge on any atom is -0.339 e. The normalized spacial score (nSPS) is 16.6. The van der Waals surface area contributed by atoms with Crippen molar-refractivity contribution in [2.45, 2.75) is 32.4 Å². The number of amides is 2. The maximum Gasteiger partial charge on any atom is 0.246 e. The Kier molecular flexibility index (Phi) is 6.06. The van der Waals surface area contributed by atoms with Gasteiger partial charge in [0.15, 0.2) is 5.82 Å². The molecule has 1 aliphatic rings. The number of carbonyl (C=O) groups is 2. The summed E-state index contributed by atoms with van der Waals surface area (Å²) < 4.78 is 19.3. The largest absolute Gasteiger partial charge is 0.339 e. The molecule has 0 N–H and O–H groups in total. The van der Waals surface area contributed by atoms with Crippen molar-refractivity contribution in [1.82, 2.24) is 19.9 Å². The molecule has 2 heterocycles. The van der Waals surface area contributed by atoms with Crippen LogP contribution in [-0.4, -0.2) is 50.9 Å². The van der Waals surface area contributed by atoms with E-state index in [9.17, 15) is 14.0 Å². The van der Waals surface area contributed by atoms with Gasteiger partial charge >= 0.3 is 0 Å². The number of piperazine rings is 1. The smallest absolute Gasteiger partial charge is 0.246 e. The highest BCUT2D eigenvalue weighted by Gasteiger charge is 2.38. The summed E-state index contributed by atoms with van der Waals surface area (Å²) in [5.74, 6) is -0.175. The van der Waals surface area contributed by atoms with Crippen LogP contribution < -0.4 is 0 Å². The highest BCUT2D eigenvalue weighted by molar-refractivity contribution is 5.89. The average Bonchev–Trinajstić information content (AvgIpc) is 3.18. The SMILES string of the molecule is Cc1noc(CC2C(=O)N(Cc3ccccc3)CCN2C(=O)Cc2ccccc2F)n1. The van der Waals surface area contributed by atoms with Crippen molar-refractivity contribution >= 4 is 11.8 Å². The van der Waals surface area contributed by atoms with Gasteiger partial charge in [0.25, 0.3) is 0 Å². The second-order valence-corrected chi connectivity index (χ2v) is 7.56. The fraction of sp³-hybridized carbons (Fsp3) is 0.304. The lowest BCUT2D eigenvalue weighted by Gasteiger charge is -2.40. The van der Waals surface area contributed by atoms with Crippen LogP contribution in [0.25, 0.3) is 0 Å². The second kappa shape index (κ2) is 9.07. The van der Waals surface area contributed by atoms with E-state index >= 15 is 0 Å². The number of hydrogen-bond acceptors (Lipinski definition) is 5. The van der Waals surface area contributed by atoms with Crippen molar-refractivity contribution in [1.29, 1.82) is 0 Å². The molecule has 31 heavy (non-hydrogen) atoms. The Labute approximate surface area is 179 Å². The van der Waals surface area contributed by atoms with Gasteiger partial charge in [0.05, 0.1) is 12.8 Å². The number of halogens is 1. The Bertz CT molecular complexity index is 1070. The third-order valence-electron chi connectivity index (χ3n) is 5.36. The van der Waals surface area contributed by atoms with Crippen molar-refractivity contribution in [3.8, 4) is 0 Å². The van der Waals surface area contributed by atoms with Gasteiger partial charge in [-0.25, -0.2) is 4.39 Å². The summed E-state index contributed by atoms with van der Waals surface area (Å²) in [5, 5.41) is 3.78. The summed E-state index contributed by atoms with van der Waals surface area (Å²) in [5.41, 5.74) is 1.31. The number of hydrogen-bond donors (Lipinski definition) is 0. The number of aryl methyl sites for hydroxylation is 1. The highest BCUT2D eigenvalue weighted by Crippen LogP contribution is 2.20. The maximum atomic E-state index is 14.1. The van der Waals surface area contributed by atoms with Crippen molar-refractivity contribution in [3.05, 3.63) is 83.3 Å². The minimum atomic E-state index is -0.781. The van der Waals surface area contributed by atoms with E-state index in [0.717, 1.165) is 5.56 Å². The summed E-state index contributed by atoms with van der Waals surface area (Å²) in [6.45, 7) is 2.90. The fourth-order valence-electron chi connectivity index (χ4n) is 3.79. The molecule has 160 valence electrons. The molecule has 7 nitrogen and oxygen atoms in total. The van der Waals surface area contributed by atoms with E-state index in [1.54, 1.807) is 30.0 Å². The van der Waals surface area contributed by atoms with E-state index in [4.69, 9.17) is 4.52 Å². The Balaban J connectivity index is 1.55. The first-order chi connectivity index (χ1) is 15.0. The number of nitrogens with zero attached hydrogens (tertiary/aromatic N) is 4. The zero-order chi connectivity index (χ0) is 21.8. The Hall–Kier alpha value is -3.55. The molecule has 1 unspecified atom stereocenters. The molecule has 3 aromatic rings. The molecular weight excluding hydrogens is 399 g/mol. The van der Waals surface area contributed by atoms with Crippen molar-refractivity contribution in [2.75, 3.05) is 13.1 Å². The van der Waals surface area contributed by atoms with Gasteiger partial charge < -0.3 is 14.3 Å². The molecule has 1 fully saturated rings. The number of carbonyl (C=O) groups excluding carboxylic acids is 2. The van der Waals surface area contributed by atoms with Crippen LogP contribution in [0.3, 0.4) is 0 Å². The molecule has 0 bridgehead atoms. The molecule has 1 aromatic heterocycles. The van der Waals surface area contributed by atoms with Crippen LogP contribution in [0, 0.1) is 12.7 Å². The molecule has 0 aliphatic carbocycles. The quantitative estimate of drug-likeness (QED) is 0.610. The predicted octanol–water partition coefficient (Wildman–Crippen LogP) is 2.54. The Morgan fingerprint density at radius 3 is 2.58 bits per heavy atom. The van der Waals surface area contributed by atoms with Crippen molar-refractivity contribution in [2.24, 2.45) is 0 Å². The topological polar surface area (TPSA) is 79.5 Å². The lowest BCUT2D eigenvalue weighted by atomic mass is 10.0. The zero-order valence-corrected chi connectivity index (χ0v) is 17.2. The molecule has 0 saturated carbocycles. The van der Waals surface area contributed by atoms with Crippen LogP contribution in [0.4, 0.5) is 4.39 Å². The van der Waals surface area contributed by atoms with E-state index in [0.29, 0.717) is 36.9 Å². The molecule has 4 rings (SSSR count). The molecule has 1 atom stereocenters. The molecule has 2 aromatic carbocycles. The molecule has 1 saturated heterocycles. The first kappa shape index (κ1) is 20.7. The van der Waals surface area contributed by atoms with E-state index in [-0.39, 0.29) is 24.7 Å². The van der Waals surface area contributed by atoms with Gasteiger partial charge in [-0.3, -0.25) is 9.59 Å². The van der Waals surface area contributed by atoms with Crippen molar-refractivity contribution in [3.63, 3.8) is 0 Å². The van der Waals surface area contributed by atoms with E-state index < -0.39 is 11.9 Å². The molecular formula is C23H23FN4O3. The third-order valence-corrected chi connectivity index (χ3v) is 5.36. The van der Waals surface area contributed by atoms with Crippen LogP contribution in [0.2, 0.25) is 0 Å². The molecule has 0 spiro atoms. The number of benzene rings is 2. The zero-order valence-electron chi connectivity index (χ0n) is 17.2. The van der Waals surface area contributed by atoms with E-state index in [1.807, 2.05) is 30.3 Å². The van der Waals surface area contributed by atoms with E-state index in [2.05, 4.69) is 10.1 Å². The average molecular weight is 422 g/mol. The van der Waals surface area contributed by atoms with Crippen LogP contribution in [0.5, 0.6) is 0 Å². The van der Waals surface area contributed by atoms with Gasteiger partial charge in [0.1, 0.15) is 11.9 Å². The monoisotopic (exact) mass is 422 g/mol. The summed E-state index contributed by atoms with van der Waals surface area (Å²) in [6, 6.07) is 15.1. The molecule has 8 heteroatoms. The first-order valence-corrected chi connectivity index (χ1v) is 10.2. The van der Waals surface area contributed by atoms with Crippen LogP contribution in [0.1, 0.15) is 22.8 Å². The minimum absolute atomic E-state index is 0.113. The molecule has 1 aliphatic heterocycles. The summed E-state index contributed by atoms with van der Waals surface area (Å²) >= 11 is 0. The van der Waals surface area contributed by atoms with Gasteiger partial charge in [0.2, 0.25) is 17.7 Å². The number of rotatable bonds is 6. The molecule has 2 amide bonds. The Morgan fingerprint density at radius 2 is 1.87 bits per heavy atom. The third kappa shape index (κ3) is 4.79. The predicted molar refractivity (Wildman–Crippen MR) is 110 cm³/mol. The Morgan fingerprint density at radius 1 is 1.13 bits per heavy atom. The van der Waals surface area contributed by atoms with Gasteiger partial charge in [-0.2, -0.15) is 4.98 Å². The van der Waals surface area contributed by atoms with Gasteiger partial charge in [0, 0.05) is 19.6 Å². The summed E-state index contributed by atoms with van der Waals surface area (Å²) in [4.78, 5) is 33.8. The number of aromatic nitrogens is 2. The lowest BCUT2D eigenvalue weighted by molar-refractivity contribution is -0.151. The summed E-state index contributed by atoms with van der Waals surface area (Å²) in [7, 11) is 0. The van der Waals surface area contributed by atoms with Gasteiger partial charge in [-0.05, 0) is 24.1 Å². The second-order valence-electron chi connectivity index (χ2n) is 7.56.